The zero-order valence-electron chi connectivity index (χ0n) is 10.2. The first-order valence-electron chi connectivity index (χ1n) is 5.53. The van der Waals surface area contributed by atoms with Crippen molar-refractivity contribution in [1.82, 2.24) is 0 Å². The van der Waals surface area contributed by atoms with Gasteiger partial charge in [0.05, 0.1) is 11.4 Å². The van der Waals surface area contributed by atoms with Crippen LogP contribution in [0.1, 0.15) is 5.56 Å². The summed E-state index contributed by atoms with van der Waals surface area (Å²) >= 11 is 3.29. The van der Waals surface area contributed by atoms with Crippen molar-refractivity contribution >= 4 is 37.3 Å². The highest BCUT2D eigenvalue weighted by Gasteiger charge is 2.18. The lowest BCUT2D eigenvalue weighted by Crippen LogP contribution is -2.15. The summed E-state index contributed by atoms with van der Waals surface area (Å²) < 4.78 is 27.7. The number of benzene rings is 2. The van der Waals surface area contributed by atoms with Crippen LogP contribution in [0.25, 0.3) is 0 Å². The molecule has 0 aliphatic carbocycles. The molecule has 19 heavy (non-hydrogen) atoms. The van der Waals surface area contributed by atoms with Crippen molar-refractivity contribution < 1.29 is 8.42 Å². The van der Waals surface area contributed by atoms with Crippen LogP contribution in [0, 0.1) is 6.92 Å². The average molecular weight is 341 g/mol. The molecule has 0 aliphatic heterocycles. The molecule has 6 heteroatoms. The van der Waals surface area contributed by atoms with E-state index in [0.717, 1.165) is 5.56 Å². The van der Waals surface area contributed by atoms with E-state index in [1.54, 1.807) is 30.3 Å². The highest BCUT2D eigenvalue weighted by molar-refractivity contribution is 9.10. The molecule has 0 bridgehead atoms. The second-order valence-corrected chi connectivity index (χ2v) is 6.63. The molecule has 4 nitrogen and oxygen atoms in total. The van der Waals surface area contributed by atoms with E-state index in [0.29, 0.717) is 10.2 Å². The Morgan fingerprint density at radius 1 is 1.16 bits per heavy atom. The number of halogens is 1. The molecule has 0 aromatic heterocycles. The van der Waals surface area contributed by atoms with E-state index in [1.165, 1.54) is 6.07 Å². The van der Waals surface area contributed by atoms with E-state index in [2.05, 4.69) is 20.7 Å². The summed E-state index contributed by atoms with van der Waals surface area (Å²) in [5.41, 5.74) is 7.39. The van der Waals surface area contributed by atoms with E-state index in [1.807, 2.05) is 13.0 Å². The topological polar surface area (TPSA) is 72.2 Å². The highest BCUT2D eigenvalue weighted by atomic mass is 79.9. The number of nitrogens with one attached hydrogen (secondary N) is 1. The van der Waals surface area contributed by atoms with Gasteiger partial charge in [0.2, 0.25) is 0 Å². The van der Waals surface area contributed by atoms with Crippen LogP contribution in [0.4, 0.5) is 11.4 Å². The van der Waals surface area contributed by atoms with Gasteiger partial charge in [-0.1, -0.05) is 18.2 Å². The number of nitrogen functional groups attached to an aromatic ring is 1. The Balaban J connectivity index is 2.41. The molecule has 0 spiro atoms. The Labute approximate surface area is 120 Å². The fourth-order valence-corrected chi connectivity index (χ4v) is 3.37. The number of para-hydroxylation sites is 1. The molecule has 100 valence electrons. The molecule has 0 unspecified atom stereocenters. The largest absolute Gasteiger partial charge is 0.398 e. The quantitative estimate of drug-likeness (QED) is 0.843. The van der Waals surface area contributed by atoms with Crippen molar-refractivity contribution in [3.63, 3.8) is 0 Å². The number of hydrogen-bond acceptors (Lipinski definition) is 3. The summed E-state index contributed by atoms with van der Waals surface area (Å²) in [7, 11) is -3.69. The van der Waals surface area contributed by atoms with Crippen molar-refractivity contribution in [2.45, 2.75) is 11.8 Å². The molecule has 0 fully saturated rings. The molecule has 2 aromatic carbocycles. The summed E-state index contributed by atoms with van der Waals surface area (Å²) in [6.45, 7) is 1.86. The molecule has 0 saturated heterocycles. The number of anilines is 2. The standard InChI is InChI=1S/C13H13BrN2O2S/c1-9-6-7-13(11(15)8-9)19(17,18)16-12-5-3-2-4-10(12)14/h2-8,16H,15H2,1H3. The predicted octanol–water partition coefficient (Wildman–Crippen LogP) is 3.14. The smallest absolute Gasteiger partial charge is 0.263 e. The van der Waals surface area contributed by atoms with Crippen LogP contribution < -0.4 is 10.5 Å². The van der Waals surface area contributed by atoms with E-state index in [-0.39, 0.29) is 10.6 Å². The first kappa shape index (κ1) is 13.9. The minimum Gasteiger partial charge on any atom is -0.398 e. The van der Waals surface area contributed by atoms with Gasteiger partial charge < -0.3 is 5.73 Å². The highest BCUT2D eigenvalue weighted by Crippen LogP contribution is 2.26. The molecule has 0 atom stereocenters. The van der Waals surface area contributed by atoms with Crippen molar-refractivity contribution in [3.05, 3.63) is 52.5 Å². The van der Waals surface area contributed by atoms with Crippen LogP contribution in [0.5, 0.6) is 0 Å². The third-order valence-electron chi connectivity index (χ3n) is 2.57. The van der Waals surface area contributed by atoms with Gasteiger partial charge in [-0.25, -0.2) is 8.42 Å². The zero-order valence-corrected chi connectivity index (χ0v) is 12.6. The molecule has 0 radical (unpaired) electrons. The number of sulfonamides is 1. The van der Waals surface area contributed by atoms with Crippen LogP contribution in [0.3, 0.4) is 0 Å². The fraction of sp³-hybridized carbons (Fsp3) is 0.0769. The molecule has 0 heterocycles. The molecule has 0 aliphatic rings. The maximum Gasteiger partial charge on any atom is 0.263 e. The Bertz CT molecular complexity index is 714. The van der Waals surface area contributed by atoms with Gasteiger partial charge in [-0.3, -0.25) is 4.72 Å². The van der Waals surface area contributed by atoms with E-state index < -0.39 is 10.0 Å². The first-order chi connectivity index (χ1) is 8.90. The average Bonchev–Trinajstić information content (AvgIpc) is 2.31. The summed E-state index contributed by atoms with van der Waals surface area (Å²) in [4.78, 5) is 0.0776. The zero-order chi connectivity index (χ0) is 14.0. The lowest BCUT2D eigenvalue weighted by molar-refractivity contribution is 0.601. The minimum absolute atomic E-state index is 0.0776. The monoisotopic (exact) mass is 340 g/mol. The van der Waals surface area contributed by atoms with Gasteiger partial charge in [-0.15, -0.1) is 0 Å². The SMILES string of the molecule is Cc1ccc(S(=O)(=O)Nc2ccccc2Br)c(N)c1. The first-order valence-corrected chi connectivity index (χ1v) is 7.81. The van der Waals surface area contributed by atoms with Crippen molar-refractivity contribution in [2.24, 2.45) is 0 Å². The van der Waals surface area contributed by atoms with E-state index in [9.17, 15) is 8.42 Å². The van der Waals surface area contributed by atoms with Crippen LogP contribution >= 0.6 is 15.9 Å². The maximum atomic E-state index is 12.3. The molecule has 0 saturated carbocycles. The maximum absolute atomic E-state index is 12.3. The minimum atomic E-state index is -3.69. The lowest BCUT2D eigenvalue weighted by Gasteiger charge is -2.11. The number of rotatable bonds is 3. The van der Waals surface area contributed by atoms with Crippen LogP contribution in [-0.2, 0) is 10.0 Å². The lowest BCUT2D eigenvalue weighted by atomic mass is 10.2. The Hall–Kier alpha value is -1.53. The molecule has 3 N–H and O–H groups in total. The fourth-order valence-electron chi connectivity index (χ4n) is 1.66. The van der Waals surface area contributed by atoms with Crippen LogP contribution in [0.15, 0.2) is 51.8 Å². The molecular formula is C13H13BrN2O2S. The predicted molar refractivity (Wildman–Crippen MR) is 80.5 cm³/mol. The summed E-state index contributed by atoms with van der Waals surface area (Å²) in [6, 6.07) is 11.8. The number of nitrogens with two attached hydrogens (primary N) is 1. The van der Waals surface area contributed by atoms with Gasteiger partial charge in [0.25, 0.3) is 10.0 Å². The van der Waals surface area contributed by atoms with E-state index in [4.69, 9.17) is 5.73 Å². The van der Waals surface area contributed by atoms with E-state index >= 15 is 0 Å². The van der Waals surface area contributed by atoms with Crippen molar-refractivity contribution in [1.29, 1.82) is 0 Å². The Morgan fingerprint density at radius 2 is 1.84 bits per heavy atom. The Kier molecular flexibility index (Phi) is 3.82. The van der Waals surface area contributed by atoms with Gasteiger partial charge in [0, 0.05) is 4.47 Å². The van der Waals surface area contributed by atoms with Crippen LogP contribution in [-0.4, -0.2) is 8.42 Å². The van der Waals surface area contributed by atoms with Crippen molar-refractivity contribution in [2.75, 3.05) is 10.5 Å². The van der Waals surface area contributed by atoms with Gasteiger partial charge >= 0.3 is 0 Å². The third kappa shape index (κ3) is 3.08. The molecule has 0 amide bonds. The summed E-state index contributed by atoms with van der Waals surface area (Å²) in [5, 5.41) is 0. The van der Waals surface area contributed by atoms with Gasteiger partial charge in [0.15, 0.2) is 0 Å². The Morgan fingerprint density at radius 3 is 2.47 bits per heavy atom. The second-order valence-electron chi connectivity index (χ2n) is 4.13. The normalized spacial score (nSPS) is 11.3. The van der Waals surface area contributed by atoms with Gasteiger partial charge in [-0.05, 0) is 52.7 Å². The van der Waals surface area contributed by atoms with Gasteiger partial charge in [0.1, 0.15) is 4.90 Å². The van der Waals surface area contributed by atoms with Crippen molar-refractivity contribution in [3.8, 4) is 0 Å². The molecule has 2 aromatic rings. The third-order valence-corrected chi connectivity index (χ3v) is 4.70. The van der Waals surface area contributed by atoms with Gasteiger partial charge in [-0.2, -0.15) is 0 Å². The van der Waals surface area contributed by atoms with Crippen LogP contribution in [0.2, 0.25) is 0 Å². The molecular weight excluding hydrogens is 328 g/mol. The second kappa shape index (κ2) is 5.22. The number of hydrogen-bond donors (Lipinski definition) is 2. The number of aryl methyl sites for hydroxylation is 1. The molecule has 2 rings (SSSR count). The summed E-state index contributed by atoms with van der Waals surface area (Å²) in [6.07, 6.45) is 0. The summed E-state index contributed by atoms with van der Waals surface area (Å²) in [5.74, 6) is 0.